The SMILES string of the molecule is NC[C@H]1C[C@@H]2C[C@@H]1C[C@@H]2CN. The van der Waals surface area contributed by atoms with E-state index in [0.717, 1.165) is 36.8 Å². The average molecular weight is 154 g/mol. The molecule has 2 nitrogen and oxygen atoms in total. The lowest BCUT2D eigenvalue weighted by atomic mass is 9.82. The van der Waals surface area contributed by atoms with Crippen molar-refractivity contribution in [1.82, 2.24) is 0 Å². The number of nitrogens with two attached hydrogens (primary N) is 2. The van der Waals surface area contributed by atoms with Crippen LogP contribution in [-0.2, 0) is 0 Å². The van der Waals surface area contributed by atoms with Crippen LogP contribution in [0.1, 0.15) is 19.3 Å². The maximum absolute atomic E-state index is 5.68. The Labute approximate surface area is 68.3 Å². The van der Waals surface area contributed by atoms with E-state index in [4.69, 9.17) is 11.5 Å². The van der Waals surface area contributed by atoms with Gasteiger partial charge in [0, 0.05) is 0 Å². The molecular weight excluding hydrogens is 136 g/mol. The van der Waals surface area contributed by atoms with Crippen LogP contribution >= 0.6 is 0 Å². The van der Waals surface area contributed by atoms with Crippen molar-refractivity contribution in [2.45, 2.75) is 19.3 Å². The maximum atomic E-state index is 5.68. The molecule has 2 aliphatic rings. The van der Waals surface area contributed by atoms with E-state index in [-0.39, 0.29) is 0 Å². The highest BCUT2D eigenvalue weighted by molar-refractivity contribution is 4.95. The highest BCUT2D eigenvalue weighted by Gasteiger charge is 2.44. The van der Waals surface area contributed by atoms with Crippen molar-refractivity contribution in [2.24, 2.45) is 35.1 Å². The normalized spacial score (nSPS) is 48.5. The van der Waals surface area contributed by atoms with Crippen LogP contribution in [0.15, 0.2) is 0 Å². The predicted molar refractivity (Wildman–Crippen MR) is 45.9 cm³/mol. The summed E-state index contributed by atoms with van der Waals surface area (Å²) >= 11 is 0. The predicted octanol–water partition coefficient (Wildman–Crippen LogP) is 0.566. The van der Waals surface area contributed by atoms with Crippen LogP contribution in [0.3, 0.4) is 0 Å². The van der Waals surface area contributed by atoms with E-state index >= 15 is 0 Å². The van der Waals surface area contributed by atoms with E-state index < -0.39 is 0 Å². The molecule has 0 aromatic heterocycles. The molecule has 2 aliphatic carbocycles. The molecular formula is C9H18N2. The van der Waals surface area contributed by atoms with Crippen molar-refractivity contribution < 1.29 is 0 Å². The largest absolute Gasteiger partial charge is 0.330 e. The number of hydrogen-bond acceptors (Lipinski definition) is 2. The maximum Gasteiger partial charge on any atom is -0.00461 e. The molecule has 2 fully saturated rings. The first-order valence-corrected chi connectivity index (χ1v) is 4.75. The molecule has 2 saturated carbocycles. The van der Waals surface area contributed by atoms with Crippen LogP contribution in [0.5, 0.6) is 0 Å². The quantitative estimate of drug-likeness (QED) is 0.611. The number of fused-ring (bicyclic) bond motifs is 2. The Bertz CT molecular complexity index is 130. The first kappa shape index (κ1) is 7.56. The van der Waals surface area contributed by atoms with E-state index in [1.807, 2.05) is 0 Å². The van der Waals surface area contributed by atoms with Gasteiger partial charge in [0.25, 0.3) is 0 Å². The average Bonchev–Trinajstić information content (AvgIpc) is 2.60. The number of rotatable bonds is 2. The van der Waals surface area contributed by atoms with Crippen molar-refractivity contribution in [3.63, 3.8) is 0 Å². The Hall–Kier alpha value is -0.0800. The highest BCUT2D eigenvalue weighted by Crippen LogP contribution is 2.50. The van der Waals surface area contributed by atoms with Gasteiger partial charge in [-0.25, -0.2) is 0 Å². The summed E-state index contributed by atoms with van der Waals surface area (Å²) in [5.74, 6) is 3.53. The van der Waals surface area contributed by atoms with Crippen molar-refractivity contribution in [3.8, 4) is 0 Å². The molecule has 11 heavy (non-hydrogen) atoms. The molecule has 4 atom stereocenters. The molecule has 0 unspecified atom stereocenters. The molecule has 2 heteroatoms. The lowest BCUT2D eigenvalue weighted by Crippen LogP contribution is -2.27. The first-order chi connectivity index (χ1) is 5.35. The summed E-state index contributed by atoms with van der Waals surface area (Å²) < 4.78 is 0. The smallest absolute Gasteiger partial charge is 0.00461 e. The second-order valence-corrected chi connectivity index (χ2v) is 4.22. The van der Waals surface area contributed by atoms with E-state index in [1.54, 1.807) is 0 Å². The molecule has 2 bridgehead atoms. The third-order valence-electron chi connectivity index (χ3n) is 3.76. The summed E-state index contributed by atoms with van der Waals surface area (Å²) in [7, 11) is 0. The zero-order valence-corrected chi connectivity index (χ0v) is 7.00. The highest BCUT2D eigenvalue weighted by atomic mass is 14.6. The lowest BCUT2D eigenvalue weighted by Gasteiger charge is -2.25. The number of hydrogen-bond donors (Lipinski definition) is 2. The fourth-order valence-corrected chi connectivity index (χ4v) is 3.09. The van der Waals surface area contributed by atoms with E-state index in [0.29, 0.717) is 0 Å². The van der Waals surface area contributed by atoms with Crippen LogP contribution in [0.25, 0.3) is 0 Å². The van der Waals surface area contributed by atoms with Gasteiger partial charge in [0.05, 0.1) is 0 Å². The Kier molecular flexibility index (Phi) is 1.90. The molecule has 0 aromatic carbocycles. The van der Waals surface area contributed by atoms with Gasteiger partial charge in [-0.3, -0.25) is 0 Å². The summed E-state index contributed by atoms with van der Waals surface area (Å²) in [5, 5.41) is 0. The Morgan fingerprint density at radius 1 is 0.818 bits per heavy atom. The summed E-state index contributed by atoms with van der Waals surface area (Å²) in [4.78, 5) is 0. The van der Waals surface area contributed by atoms with E-state index in [1.165, 1.54) is 19.3 Å². The Morgan fingerprint density at radius 2 is 1.27 bits per heavy atom. The molecule has 0 aliphatic heterocycles. The third-order valence-corrected chi connectivity index (χ3v) is 3.76. The van der Waals surface area contributed by atoms with Crippen molar-refractivity contribution in [3.05, 3.63) is 0 Å². The van der Waals surface area contributed by atoms with E-state index in [2.05, 4.69) is 0 Å². The van der Waals surface area contributed by atoms with Gasteiger partial charge in [0.15, 0.2) is 0 Å². The summed E-state index contributed by atoms with van der Waals surface area (Å²) in [6, 6.07) is 0. The van der Waals surface area contributed by atoms with Crippen LogP contribution < -0.4 is 11.5 Å². The minimum atomic E-state index is 0.836. The van der Waals surface area contributed by atoms with E-state index in [9.17, 15) is 0 Å². The second-order valence-electron chi connectivity index (χ2n) is 4.22. The second kappa shape index (κ2) is 2.76. The lowest BCUT2D eigenvalue weighted by molar-refractivity contribution is 0.267. The first-order valence-electron chi connectivity index (χ1n) is 4.75. The van der Waals surface area contributed by atoms with Gasteiger partial charge in [0.2, 0.25) is 0 Å². The van der Waals surface area contributed by atoms with Gasteiger partial charge in [-0.05, 0) is 56.0 Å². The standard InChI is InChI=1S/C9H18N2/c10-4-8-2-6-1-7(8)3-9(6)5-11/h6-9H,1-5,10-11H2/t6-,7+,8-,9-/m1/s1. The summed E-state index contributed by atoms with van der Waals surface area (Å²) in [6.45, 7) is 1.80. The Morgan fingerprint density at radius 3 is 1.55 bits per heavy atom. The topological polar surface area (TPSA) is 52.0 Å². The molecule has 0 radical (unpaired) electrons. The molecule has 64 valence electrons. The molecule has 0 aromatic rings. The van der Waals surface area contributed by atoms with Gasteiger partial charge in [0.1, 0.15) is 0 Å². The molecule has 0 spiro atoms. The molecule has 0 heterocycles. The minimum Gasteiger partial charge on any atom is -0.330 e. The third kappa shape index (κ3) is 1.09. The van der Waals surface area contributed by atoms with Gasteiger partial charge in [-0.1, -0.05) is 0 Å². The van der Waals surface area contributed by atoms with Crippen LogP contribution in [-0.4, -0.2) is 13.1 Å². The molecule has 4 N–H and O–H groups in total. The van der Waals surface area contributed by atoms with Crippen LogP contribution in [0.4, 0.5) is 0 Å². The van der Waals surface area contributed by atoms with Gasteiger partial charge in [-0.15, -0.1) is 0 Å². The summed E-state index contributed by atoms with van der Waals surface area (Å²) in [5.41, 5.74) is 11.4. The van der Waals surface area contributed by atoms with Gasteiger partial charge in [-0.2, -0.15) is 0 Å². The van der Waals surface area contributed by atoms with Crippen molar-refractivity contribution in [2.75, 3.05) is 13.1 Å². The van der Waals surface area contributed by atoms with Crippen molar-refractivity contribution >= 4 is 0 Å². The summed E-state index contributed by atoms with van der Waals surface area (Å²) in [6.07, 6.45) is 4.15. The van der Waals surface area contributed by atoms with Crippen LogP contribution in [0.2, 0.25) is 0 Å². The van der Waals surface area contributed by atoms with Gasteiger partial charge >= 0.3 is 0 Å². The Balaban J connectivity index is 1.97. The zero-order chi connectivity index (χ0) is 7.84. The van der Waals surface area contributed by atoms with Gasteiger partial charge < -0.3 is 11.5 Å². The molecule has 0 saturated heterocycles. The van der Waals surface area contributed by atoms with Crippen LogP contribution in [0, 0.1) is 23.7 Å². The molecule has 0 amide bonds. The zero-order valence-electron chi connectivity index (χ0n) is 7.00. The van der Waals surface area contributed by atoms with Crippen molar-refractivity contribution in [1.29, 1.82) is 0 Å². The minimum absolute atomic E-state index is 0.836. The monoisotopic (exact) mass is 154 g/mol. The fourth-order valence-electron chi connectivity index (χ4n) is 3.09. The molecule has 2 rings (SSSR count). The fraction of sp³-hybridized carbons (Fsp3) is 1.00.